The maximum Gasteiger partial charge on any atom is 0.165 e. The lowest BCUT2D eigenvalue weighted by Gasteiger charge is -2.07. The Balaban J connectivity index is 1.70. The molecular weight excluding hydrogens is 235 g/mol. The number of phenols is 1. The average molecular weight is 250 g/mol. The minimum Gasteiger partial charge on any atom is -0.505 e. The Hall–Kier alpha value is -1.95. The molecule has 18 heavy (non-hydrogen) atoms. The standard InChI is InChI=1S/C12H15FN4O/c13-11-4-1-3-10(12(11)18)9-14-5-2-7-17-8-6-15-16-17/h1,3-4,6,8,14,18H,2,5,7,9H2. The van der Waals surface area contributed by atoms with E-state index in [1.807, 2.05) is 0 Å². The van der Waals surface area contributed by atoms with E-state index in [0.29, 0.717) is 12.1 Å². The number of aromatic nitrogens is 3. The largest absolute Gasteiger partial charge is 0.505 e. The molecule has 0 aliphatic heterocycles. The first-order chi connectivity index (χ1) is 8.77. The maximum atomic E-state index is 13.0. The molecule has 2 rings (SSSR count). The van der Waals surface area contributed by atoms with Gasteiger partial charge in [-0.3, -0.25) is 4.68 Å². The number of para-hydroxylation sites is 1. The highest BCUT2D eigenvalue weighted by Crippen LogP contribution is 2.20. The topological polar surface area (TPSA) is 63.0 Å². The molecular formula is C12H15FN4O. The van der Waals surface area contributed by atoms with Gasteiger partial charge in [-0.2, -0.15) is 0 Å². The van der Waals surface area contributed by atoms with Crippen LogP contribution in [0.25, 0.3) is 0 Å². The van der Waals surface area contributed by atoms with Crippen molar-refractivity contribution in [1.82, 2.24) is 20.3 Å². The van der Waals surface area contributed by atoms with Gasteiger partial charge in [-0.1, -0.05) is 17.3 Å². The third-order valence-electron chi connectivity index (χ3n) is 2.60. The molecule has 6 heteroatoms. The molecule has 0 fully saturated rings. The number of rotatable bonds is 6. The van der Waals surface area contributed by atoms with Crippen LogP contribution >= 0.6 is 0 Å². The summed E-state index contributed by atoms with van der Waals surface area (Å²) < 4.78 is 14.8. The third kappa shape index (κ3) is 3.27. The number of halogens is 1. The number of aromatic hydroxyl groups is 1. The molecule has 0 aliphatic rings. The van der Waals surface area contributed by atoms with Crippen molar-refractivity contribution < 1.29 is 9.50 Å². The number of hydrogen-bond donors (Lipinski definition) is 2. The molecule has 1 aromatic carbocycles. The van der Waals surface area contributed by atoms with Crippen molar-refractivity contribution in [2.75, 3.05) is 6.54 Å². The first kappa shape index (κ1) is 12.5. The summed E-state index contributed by atoms with van der Waals surface area (Å²) in [6, 6.07) is 4.52. The average Bonchev–Trinajstić information content (AvgIpc) is 2.87. The lowest BCUT2D eigenvalue weighted by atomic mass is 10.2. The first-order valence-electron chi connectivity index (χ1n) is 5.78. The van der Waals surface area contributed by atoms with Crippen LogP contribution in [0.2, 0.25) is 0 Å². The van der Waals surface area contributed by atoms with Gasteiger partial charge in [0.05, 0.1) is 6.20 Å². The van der Waals surface area contributed by atoms with E-state index in [2.05, 4.69) is 15.6 Å². The lowest BCUT2D eigenvalue weighted by molar-refractivity contribution is 0.422. The molecule has 0 atom stereocenters. The van der Waals surface area contributed by atoms with Crippen LogP contribution in [0.5, 0.6) is 5.75 Å². The molecule has 0 unspecified atom stereocenters. The summed E-state index contributed by atoms with van der Waals surface area (Å²) in [4.78, 5) is 0. The number of nitrogens with zero attached hydrogens (tertiary/aromatic N) is 3. The molecule has 0 radical (unpaired) electrons. The summed E-state index contributed by atoms with van der Waals surface area (Å²) in [5.41, 5.74) is 0.566. The van der Waals surface area contributed by atoms with Crippen LogP contribution in [0.4, 0.5) is 4.39 Å². The van der Waals surface area contributed by atoms with E-state index in [9.17, 15) is 9.50 Å². The third-order valence-corrected chi connectivity index (χ3v) is 2.60. The van der Waals surface area contributed by atoms with E-state index >= 15 is 0 Å². The Labute approximate surface area is 104 Å². The number of hydrogen-bond acceptors (Lipinski definition) is 4. The van der Waals surface area contributed by atoms with Crippen LogP contribution in [0.3, 0.4) is 0 Å². The van der Waals surface area contributed by atoms with Crippen LogP contribution in [0.1, 0.15) is 12.0 Å². The van der Waals surface area contributed by atoms with Crippen LogP contribution in [-0.2, 0) is 13.1 Å². The molecule has 2 aromatic rings. The van der Waals surface area contributed by atoms with Gasteiger partial charge in [0, 0.05) is 24.8 Å². The van der Waals surface area contributed by atoms with Crippen LogP contribution in [0, 0.1) is 5.82 Å². The van der Waals surface area contributed by atoms with E-state index in [4.69, 9.17) is 0 Å². The molecule has 96 valence electrons. The van der Waals surface area contributed by atoms with Crippen LogP contribution in [-0.4, -0.2) is 26.6 Å². The van der Waals surface area contributed by atoms with Crippen molar-refractivity contribution in [3.05, 3.63) is 42.0 Å². The number of aryl methyl sites for hydroxylation is 1. The Morgan fingerprint density at radius 2 is 2.28 bits per heavy atom. The van der Waals surface area contributed by atoms with Gasteiger partial charge >= 0.3 is 0 Å². The molecule has 0 bridgehead atoms. The maximum absolute atomic E-state index is 13.0. The van der Waals surface area contributed by atoms with E-state index < -0.39 is 5.82 Å². The molecule has 1 heterocycles. The quantitative estimate of drug-likeness (QED) is 0.759. The minimum atomic E-state index is -0.586. The summed E-state index contributed by atoms with van der Waals surface area (Å²) in [6.45, 7) is 1.99. The second-order valence-electron chi connectivity index (χ2n) is 3.94. The van der Waals surface area contributed by atoms with Crippen molar-refractivity contribution in [3.8, 4) is 5.75 Å². The fourth-order valence-corrected chi connectivity index (χ4v) is 1.64. The van der Waals surface area contributed by atoms with Crippen molar-refractivity contribution in [1.29, 1.82) is 0 Å². The highest BCUT2D eigenvalue weighted by molar-refractivity contribution is 5.33. The predicted octanol–water partition coefficient (Wildman–Crippen LogP) is 1.30. The fraction of sp³-hybridized carbons (Fsp3) is 0.333. The smallest absolute Gasteiger partial charge is 0.165 e. The van der Waals surface area contributed by atoms with E-state index in [-0.39, 0.29) is 5.75 Å². The molecule has 1 aromatic heterocycles. The Kier molecular flexibility index (Phi) is 4.25. The van der Waals surface area contributed by atoms with Gasteiger partial charge in [-0.25, -0.2) is 4.39 Å². The van der Waals surface area contributed by atoms with Crippen LogP contribution in [0.15, 0.2) is 30.6 Å². The summed E-state index contributed by atoms with van der Waals surface area (Å²) in [6.07, 6.45) is 4.33. The number of benzene rings is 1. The second-order valence-corrected chi connectivity index (χ2v) is 3.94. The zero-order valence-electron chi connectivity index (χ0n) is 9.88. The summed E-state index contributed by atoms with van der Waals surface area (Å²) in [7, 11) is 0. The number of phenolic OH excluding ortho intramolecular Hbond substituents is 1. The molecule has 0 aliphatic carbocycles. The van der Waals surface area contributed by atoms with Gasteiger partial charge < -0.3 is 10.4 Å². The molecule has 0 saturated carbocycles. The van der Waals surface area contributed by atoms with Crippen LogP contribution < -0.4 is 5.32 Å². The summed E-state index contributed by atoms with van der Waals surface area (Å²) in [5, 5.41) is 20.2. The highest BCUT2D eigenvalue weighted by atomic mass is 19.1. The fourth-order valence-electron chi connectivity index (χ4n) is 1.64. The first-order valence-corrected chi connectivity index (χ1v) is 5.78. The summed E-state index contributed by atoms with van der Waals surface area (Å²) >= 11 is 0. The zero-order valence-corrected chi connectivity index (χ0v) is 9.88. The number of nitrogens with one attached hydrogen (secondary N) is 1. The van der Waals surface area contributed by atoms with Gasteiger partial charge in [0.15, 0.2) is 11.6 Å². The Morgan fingerprint density at radius 1 is 1.39 bits per heavy atom. The van der Waals surface area contributed by atoms with E-state index in [1.54, 1.807) is 29.2 Å². The molecule has 0 amide bonds. The normalized spacial score (nSPS) is 10.7. The van der Waals surface area contributed by atoms with E-state index in [0.717, 1.165) is 19.5 Å². The monoisotopic (exact) mass is 250 g/mol. The molecule has 0 saturated heterocycles. The highest BCUT2D eigenvalue weighted by Gasteiger charge is 2.05. The Bertz CT molecular complexity index is 487. The van der Waals surface area contributed by atoms with Crippen molar-refractivity contribution in [2.45, 2.75) is 19.5 Å². The van der Waals surface area contributed by atoms with Crippen molar-refractivity contribution in [2.24, 2.45) is 0 Å². The van der Waals surface area contributed by atoms with Crippen molar-refractivity contribution in [3.63, 3.8) is 0 Å². The van der Waals surface area contributed by atoms with Gasteiger partial charge in [-0.05, 0) is 19.0 Å². The minimum absolute atomic E-state index is 0.277. The molecule has 2 N–H and O–H groups in total. The van der Waals surface area contributed by atoms with Gasteiger partial charge in [-0.15, -0.1) is 5.10 Å². The summed E-state index contributed by atoms with van der Waals surface area (Å²) in [5.74, 6) is -0.863. The predicted molar refractivity (Wildman–Crippen MR) is 64.4 cm³/mol. The lowest BCUT2D eigenvalue weighted by Crippen LogP contribution is -2.17. The molecule has 5 nitrogen and oxygen atoms in total. The SMILES string of the molecule is Oc1c(F)cccc1CNCCCn1ccnn1. The Morgan fingerprint density at radius 3 is 3.06 bits per heavy atom. The molecule has 0 spiro atoms. The van der Waals surface area contributed by atoms with Gasteiger partial charge in [0.2, 0.25) is 0 Å². The van der Waals surface area contributed by atoms with E-state index in [1.165, 1.54) is 6.07 Å². The van der Waals surface area contributed by atoms with Gasteiger partial charge in [0.1, 0.15) is 0 Å². The zero-order chi connectivity index (χ0) is 12.8. The second kappa shape index (κ2) is 6.11. The van der Waals surface area contributed by atoms with Crippen molar-refractivity contribution >= 4 is 0 Å². The van der Waals surface area contributed by atoms with Gasteiger partial charge in [0.25, 0.3) is 0 Å².